The quantitative estimate of drug-likeness (QED) is 0.463. The van der Waals surface area contributed by atoms with Crippen LogP contribution in [0.15, 0.2) is 0 Å². The molecule has 1 heterocycles. The Bertz CT molecular complexity index is 370. The lowest BCUT2D eigenvalue weighted by molar-refractivity contribution is 0.0519. The van der Waals surface area contributed by atoms with Crippen LogP contribution in [-0.2, 0) is 4.74 Å². The number of carbonyl (C=O) groups excluding carboxylic acids is 1. The van der Waals surface area contributed by atoms with E-state index in [2.05, 4.69) is 14.7 Å². The Morgan fingerprint density at radius 1 is 1.36 bits per heavy atom. The molecule has 0 saturated carbocycles. The van der Waals surface area contributed by atoms with E-state index in [1.165, 1.54) is 0 Å². The Morgan fingerprint density at radius 3 is 2.57 bits per heavy atom. The molecule has 0 aliphatic rings. The normalized spacial score (nSPS) is 10.0. The van der Waals surface area contributed by atoms with Gasteiger partial charge in [-0.25, -0.2) is 14.8 Å². The first kappa shape index (κ1) is 11.5. The number of nitrogens with zero attached hydrogens (tertiary/aromatic N) is 2. The summed E-state index contributed by atoms with van der Waals surface area (Å²) in [5.41, 5.74) is -0.126. The number of rotatable bonds is 2. The predicted molar refractivity (Wildman–Crippen MR) is 53.0 cm³/mol. The zero-order chi connectivity index (χ0) is 10.7. The van der Waals surface area contributed by atoms with Crippen molar-refractivity contribution in [3.05, 3.63) is 21.2 Å². The number of esters is 1. The van der Waals surface area contributed by atoms with Gasteiger partial charge in [0, 0.05) is 0 Å². The van der Waals surface area contributed by atoms with Gasteiger partial charge in [0.15, 0.2) is 10.8 Å². The maximum atomic E-state index is 11.3. The van der Waals surface area contributed by atoms with Crippen molar-refractivity contribution in [2.45, 2.75) is 6.92 Å². The molecule has 7 heteroatoms. The SMILES string of the molecule is CCOC(=O)c1nc(Cl)nc(Cl)c1Cl. The Balaban J connectivity index is 3.13. The van der Waals surface area contributed by atoms with Gasteiger partial charge < -0.3 is 4.74 Å². The molecule has 0 N–H and O–H groups in total. The summed E-state index contributed by atoms with van der Waals surface area (Å²) in [6.07, 6.45) is 0. The van der Waals surface area contributed by atoms with Gasteiger partial charge in [-0.2, -0.15) is 0 Å². The van der Waals surface area contributed by atoms with Gasteiger partial charge in [0.2, 0.25) is 5.28 Å². The molecular weight excluding hydrogens is 250 g/mol. The van der Waals surface area contributed by atoms with Gasteiger partial charge in [-0.15, -0.1) is 0 Å². The number of carbonyl (C=O) groups is 1. The van der Waals surface area contributed by atoms with Gasteiger partial charge >= 0.3 is 5.97 Å². The summed E-state index contributed by atoms with van der Waals surface area (Å²) in [6, 6.07) is 0. The average Bonchev–Trinajstić information content (AvgIpc) is 2.11. The molecule has 0 amide bonds. The second-order valence-electron chi connectivity index (χ2n) is 2.17. The molecule has 1 rings (SSSR count). The maximum absolute atomic E-state index is 11.3. The lowest BCUT2D eigenvalue weighted by atomic mass is 10.4. The third-order valence-corrected chi connectivity index (χ3v) is 2.15. The summed E-state index contributed by atoms with van der Waals surface area (Å²) < 4.78 is 4.69. The minimum absolute atomic E-state index is 0.0606. The van der Waals surface area contributed by atoms with Crippen LogP contribution in [0.3, 0.4) is 0 Å². The van der Waals surface area contributed by atoms with Crippen LogP contribution in [0.4, 0.5) is 0 Å². The summed E-state index contributed by atoms with van der Waals surface area (Å²) in [6.45, 7) is 1.88. The third-order valence-electron chi connectivity index (χ3n) is 1.25. The minimum atomic E-state index is -0.677. The number of ether oxygens (including phenoxy) is 1. The maximum Gasteiger partial charge on any atom is 0.358 e. The highest BCUT2D eigenvalue weighted by atomic mass is 35.5. The molecule has 1 aromatic rings. The van der Waals surface area contributed by atoms with E-state index in [0.29, 0.717) is 0 Å². The number of halogens is 3. The number of hydrogen-bond acceptors (Lipinski definition) is 4. The lowest BCUT2D eigenvalue weighted by Crippen LogP contribution is -2.09. The first-order chi connectivity index (χ1) is 6.56. The van der Waals surface area contributed by atoms with Crippen molar-refractivity contribution in [3.8, 4) is 0 Å². The van der Waals surface area contributed by atoms with Crippen molar-refractivity contribution in [2.24, 2.45) is 0 Å². The van der Waals surface area contributed by atoms with Gasteiger partial charge in [0.1, 0.15) is 5.02 Å². The van der Waals surface area contributed by atoms with E-state index in [4.69, 9.17) is 34.8 Å². The molecule has 0 spiro atoms. The van der Waals surface area contributed by atoms with E-state index in [1.807, 2.05) is 0 Å². The zero-order valence-electron chi connectivity index (χ0n) is 7.05. The smallest absolute Gasteiger partial charge is 0.358 e. The fraction of sp³-hybridized carbons (Fsp3) is 0.286. The molecule has 0 saturated heterocycles. The van der Waals surface area contributed by atoms with Gasteiger partial charge in [-0.3, -0.25) is 0 Å². The van der Waals surface area contributed by atoms with Crippen LogP contribution in [0.5, 0.6) is 0 Å². The van der Waals surface area contributed by atoms with Crippen LogP contribution in [0, 0.1) is 0 Å². The molecule has 0 radical (unpaired) electrons. The third kappa shape index (κ3) is 2.47. The van der Waals surface area contributed by atoms with E-state index >= 15 is 0 Å². The van der Waals surface area contributed by atoms with Crippen molar-refractivity contribution in [1.82, 2.24) is 9.97 Å². The Labute approximate surface area is 95.2 Å². The molecular formula is C7H5Cl3N2O2. The fourth-order valence-electron chi connectivity index (χ4n) is 0.729. The molecule has 4 nitrogen and oxygen atoms in total. The van der Waals surface area contributed by atoms with Gasteiger partial charge in [-0.1, -0.05) is 23.2 Å². The summed E-state index contributed by atoms with van der Waals surface area (Å²) in [5, 5.41) is -0.285. The largest absolute Gasteiger partial charge is 0.461 e. The molecule has 1 aromatic heterocycles. The number of aromatic nitrogens is 2. The van der Waals surface area contributed by atoms with Crippen molar-refractivity contribution in [2.75, 3.05) is 6.61 Å². The molecule has 0 aromatic carbocycles. The van der Waals surface area contributed by atoms with Crippen molar-refractivity contribution in [3.63, 3.8) is 0 Å². The molecule has 76 valence electrons. The first-order valence-electron chi connectivity index (χ1n) is 3.62. The molecule has 0 fully saturated rings. The van der Waals surface area contributed by atoms with E-state index in [0.717, 1.165) is 0 Å². The highest BCUT2D eigenvalue weighted by Gasteiger charge is 2.18. The predicted octanol–water partition coefficient (Wildman–Crippen LogP) is 2.61. The van der Waals surface area contributed by atoms with Crippen LogP contribution in [0.2, 0.25) is 15.5 Å². The molecule has 0 aliphatic heterocycles. The highest BCUT2D eigenvalue weighted by Crippen LogP contribution is 2.24. The van der Waals surface area contributed by atoms with Crippen LogP contribution in [0.1, 0.15) is 17.4 Å². The lowest BCUT2D eigenvalue weighted by Gasteiger charge is -2.03. The summed E-state index contributed by atoms with van der Waals surface area (Å²) in [4.78, 5) is 18.4. The van der Waals surface area contributed by atoms with Crippen LogP contribution in [0.25, 0.3) is 0 Å². The van der Waals surface area contributed by atoms with Crippen molar-refractivity contribution in [1.29, 1.82) is 0 Å². The first-order valence-corrected chi connectivity index (χ1v) is 4.75. The standard InChI is InChI=1S/C7H5Cl3N2O2/c1-2-14-6(13)4-3(8)5(9)12-7(10)11-4/h2H2,1H3. The molecule has 0 bridgehead atoms. The Morgan fingerprint density at radius 2 is 2.00 bits per heavy atom. The van der Waals surface area contributed by atoms with Gasteiger partial charge in [0.25, 0.3) is 0 Å². The average molecular weight is 255 g/mol. The van der Waals surface area contributed by atoms with Gasteiger partial charge in [0.05, 0.1) is 6.61 Å². The van der Waals surface area contributed by atoms with Gasteiger partial charge in [-0.05, 0) is 18.5 Å². The molecule has 0 unspecified atom stereocenters. The van der Waals surface area contributed by atoms with Crippen LogP contribution >= 0.6 is 34.8 Å². The van der Waals surface area contributed by atoms with E-state index in [9.17, 15) is 4.79 Å². The molecule has 14 heavy (non-hydrogen) atoms. The Hall–Kier alpha value is -0.580. The molecule has 0 atom stereocenters. The summed E-state index contributed by atoms with van der Waals surface area (Å²) in [5.74, 6) is -0.677. The van der Waals surface area contributed by atoms with E-state index in [-0.39, 0.29) is 27.8 Å². The Kier molecular flexibility index (Phi) is 3.92. The second kappa shape index (κ2) is 4.77. The monoisotopic (exact) mass is 254 g/mol. The number of hydrogen-bond donors (Lipinski definition) is 0. The van der Waals surface area contributed by atoms with E-state index in [1.54, 1.807) is 6.92 Å². The topological polar surface area (TPSA) is 52.1 Å². The second-order valence-corrected chi connectivity index (χ2v) is 3.24. The van der Waals surface area contributed by atoms with Crippen LogP contribution in [-0.4, -0.2) is 22.5 Å². The summed E-state index contributed by atoms with van der Waals surface area (Å²) in [7, 11) is 0. The summed E-state index contributed by atoms with van der Waals surface area (Å²) >= 11 is 16.8. The fourth-order valence-corrected chi connectivity index (χ4v) is 1.27. The minimum Gasteiger partial charge on any atom is -0.461 e. The van der Waals surface area contributed by atoms with E-state index < -0.39 is 5.97 Å². The van der Waals surface area contributed by atoms with Crippen molar-refractivity contribution < 1.29 is 9.53 Å². The van der Waals surface area contributed by atoms with Crippen molar-refractivity contribution >= 4 is 40.8 Å². The van der Waals surface area contributed by atoms with Crippen LogP contribution < -0.4 is 0 Å². The molecule has 0 aliphatic carbocycles. The zero-order valence-corrected chi connectivity index (χ0v) is 9.32. The highest BCUT2D eigenvalue weighted by molar-refractivity contribution is 6.43.